The Kier molecular flexibility index (Phi) is 8.44. The van der Waals surface area contributed by atoms with Crippen LogP contribution in [0.15, 0.2) is 12.2 Å². The third kappa shape index (κ3) is 9.62. The molecule has 0 aromatic rings. The Morgan fingerprint density at radius 1 is 1.17 bits per heavy atom. The molecule has 0 heterocycles. The molecule has 0 atom stereocenters. The second kappa shape index (κ2) is 8.71. The summed E-state index contributed by atoms with van der Waals surface area (Å²) in [6.07, 6.45) is 0.927. The SMILES string of the molecule is C=C(C)CCOCCOCCN. The van der Waals surface area contributed by atoms with E-state index in [1.54, 1.807) is 0 Å². The van der Waals surface area contributed by atoms with E-state index in [4.69, 9.17) is 15.2 Å². The van der Waals surface area contributed by atoms with Crippen LogP contribution < -0.4 is 5.73 Å². The van der Waals surface area contributed by atoms with Crippen molar-refractivity contribution < 1.29 is 9.47 Å². The third-order valence-electron chi connectivity index (χ3n) is 1.31. The quantitative estimate of drug-likeness (QED) is 0.439. The minimum absolute atomic E-state index is 0.575. The van der Waals surface area contributed by atoms with Crippen molar-refractivity contribution in [2.45, 2.75) is 13.3 Å². The molecule has 0 fully saturated rings. The van der Waals surface area contributed by atoms with Crippen LogP contribution in [0.25, 0.3) is 0 Å². The lowest BCUT2D eigenvalue weighted by Gasteiger charge is -2.04. The number of nitrogens with two attached hydrogens (primary N) is 1. The van der Waals surface area contributed by atoms with Gasteiger partial charge in [0.05, 0.1) is 26.4 Å². The zero-order chi connectivity index (χ0) is 9.23. The Labute approximate surface area is 74.5 Å². The molecule has 0 saturated heterocycles. The van der Waals surface area contributed by atoms with Crippen molar-refractivity contribution >= 4 is 0 Å². The van der Waals surface area contributed by atoms with Gasteiger partial charge in [-0.3, -0.25) is 0 Å². The molecule has 0 unspecified atom stereocenters. The fraction of sp³-hybridized carbons (Fsp3) is 0.778. The summed E-state index contributed by atoms with van der Waals surface area (Å²) in [6.45, 7) is 8.97. The highest BCUT2D eigenvalue weighted by Gasteiger charge is 1.89. The van der Waals surface area contributed by atoms with Crippen molar-refractivity contribution in [2.75, 3.05) is 33.0 Å². The summed E-state index contributed by atoms with van der Waals surface area (Å²) in [6, 6.07) is 0. The van der Waals surface area contributed by atoms with Crippen LogP contribution in [0.5, 0.6) is 0 Å². The first-order valence-electron chi connectivity index (χ1n) is 4.27. The standard InChI is InChI=1S/C9H19NO2/c1-9(2)3-5-11-7-8-12-6-4-10/h1,3-8,10H2,2H3. The fourth-order valence-electron chi connectivity index (χ4n) is 0.652. The summed E-state index contributed by atoms with van der Waals surface area (Å²) in [4.78, 5) is 0. The maximum atomic E-state index is 5.26. The van der Waals surface area contributed by atoms with Gasteiger partial charge in [0.15, 0.2) is 0 Å². The van der Waals surface area contributed by atoms with E-state index in [0.29, 0.717) is 26.4 Å². The van der Waals surface area contributed by atoms with E-state index in [-0.39, 0.29) is 0 Å². The van der Waals surface area contributed by atoms with Gasteiger partial charge in [-0.25, -0.2) is 0 Å². The Morgan fingerprint density at radius 3 is 2.25 bits per heavy atom. The van der Waals surface area contributed by atoms with E-state index in [0.717, 1.165) is 18.6 Å². The highest BCUT2D eigenvalue weighted by Crippen LogP contribution is 1.94. The van der Waals surface area contributed by atoms with Crippen molar-refractivity contribution in [3.8, 4) is 0 Å². The first kappa shape index (κ1) is 11.6. The monoisotopic (exact) mass is 173 g/mol. The van der Waals surface area contributed by atoms with Gasteiger partial charge in [0.25, 0.3) is 0 Å². The summed E-state index contributed by atoms with van der Waals surface area (Å²) in [5.41, 5.74) is 6.38. The average molecular weight is 173 g/mol. The van der Waals surface area contributed by atoms with Crippen LogP contribution in [-0.2, 0) is 9.47 Å². The lowest BCUT2D eigenvalue weighted by molar-refractivity contribution is 0.0520. The first-order chi connectivity index (χ1) is 5.77. The highest BCUT2D eigenvalue weighted by atomic mass is 16.5. The molecule has 12 heavy (non-hydrogen) atoms. The molecule has 3 nitrogen and oxygen atoms in total. The molecular weight excluding hydrogens is 154 g/mol. The lowest BCUT2D eigenvalue weighted by Crippen LogP contribution is -2.12. The predicted molar refractivity (Wildman–Crippen MR) is 50.1 cm³/mol. The van der Waals surface area contributed by atoms with Crippen molar-refractivity contribution in [2.24, 2.45) is 5.73 Å². The van der Waals surface area contributed by atoms with Gasteiger partial charge in [-0.2, -0.15) is 0 Å². The van der Waals surface area contributed by atoms with Crippen LogP contribution in [-0.4, -0.2) is 33.0 Å². The van der Waals surface area contributed by atoms with Crippen LogP contribution in [0.1, 0.15) is 13.3 Å². The van der Waals surface area contributed by atoms with Crippen LogP contribution in [0.3, 0.4) is 0 Å². The van der Waals surface area contributed by atoms with E-state index in [1.165, 1.54) is 0 Å². The molecule has 0 radical (unpaired) electrons. The largest absolute Gasteiger partial charge is 0.379 e. The van der Waals surface area contributed by atoms with Gasteiger partial charge in [-0.1, -0.05) is 5.57 Å². The summed E-state index contributed by atoms with van der Waals surface area (Å²) < 4.78 is 10.4. The molecule has 0 aliphatic carbocycles. The molecule has 2 N–H and O–H groups in total. The topological polar surface area (TPSA) is 44.5 Å². The Hall–Kier alpha value is -0.380. The Morgan fingerprint density at radius 2 is 1.75 bits per heavy atom. The first-order valence-corrected chi connectivity index (χ1v) is 4.27. The third-order valence-corrected chi connectivity index (χ3v) is 1.31. The molecular formula is C9H19NO2. The smallest absolute Gasteiger partial charge is 0.0701 e. The van der Waals surface area contributed by atoms with Gasteiger partial charge in [-0.05, 0) is 13.3 Å². The zero-order valence-corrected chi connectivity index (χ0v) is 7.84. The van der Waals surface area contributed by atoms with Gasteiger partial charge in [0.1, 0.15) is 0 Å². The molecule has 0 aliphatic rings. The summed E-state index contributed by atoms with van der Waals surface area (Å²) in [5, 5.41) is 0. The molecule has 0 spiro atoms. The minimum atomic E-state index is 0.575. The summed E-state index contributed by atoms with van der Waals surface area (Å²) in [7, 11) is 0. The van der Waals surface area contributed by atoms with Gasteiger partial charge in [0, 0.05) is 6.54 Å². The van der Waals surface area contributed by atoms with E-state index in [9.17, 15) is 0 Å². The second-order valence-electron chi connectivity index (χ2n) is 2.72. The number of rotatable bonds is 8. The van der Waals surface area contributed by atoms with Crippen molar-refractivity contribution in [1.82, 2.24) is 0 Å². The lowest BCUT2D eigenvalue weighted by atomic mass is 10.3. The molecule has 0 saturated carbocycles. The van der Waals surface area contributed by atoms with Gasteiger partial charge < -0.3 is 15.2 Å². The van der Waals surface area contributed by atoms with Crippen LogP contribution in [0.4, 0.5) is 0 Å². The van der Waals surface area contributed by atoms with E-state index < -0.39 is 0 Å². The molecule has 0 bridgehead atoms. The minimum Gasteiger partial charge on any atom is -0.379 e. The molecule has 0 aliphatic heterocycles. The van der Waals surface area contributed by atoms with Crippen LogP contribution >= 0.6 is 0 Å². The Balaban J connectivity index is 2.86. The number of hydrogen-bond acceptors (Lipinski definition) is 3. The summed E-state index contributed by atoms with van der Waals surface area (Å²) in [5.74, 6) is 0. The van der Waals surface area contributed by atoms with Crippen molar-refractivity contribution in [1.29, 1.82) is 0 Å². The normalized spacial score (nSPS) is 10.2. The summed E-state index contributed by atoms with van der Waals surface area (Å²) >= 11 is 0. The second-order valence-corrected chi connectivity index (χ2v) is 2.72. The van der Waals surface area contributed by atoms with Gasteiger partial charge >= 0.3 is 0 Å². The van der Waals surface area contributed by atoms with Crippen LogP contribution in [0.2, 0.25) is 0 Å². The van der Waals surface area contributed by atoms with Crippen LogP contribution in [0, 0.1) is 0 Å². The number of ether oxygens (including phenoxy) is 2. The van der Waals surface area contributed by atoms with Gasteiger partial charge in [-0.15, -0.1) is 6.58 Å². The molecule has 0 aromatic carbocycles. The zero-order valence-electron chi connectivity index (χ0n) is 7.84. The van der Waals surface area contributed by atoms with E-state index in [2.05, 4.69) is 6.58 Å². The fourth-order valence-corrected chi connectivity index (χ4v) is 0.652. The predicted octanol–water partition coefficient (Wildman–Crippen LogP) is 0.944. The Bertz CT molecular complexity index is 115. The number of hydrogen-bond donors (Lipinski definition) is 1. The van der Waals surface area contributed by atoms with E-state index in [1.807, 2.05) is 6.92 Å². The van der Waals surface area contributed by atoms with Gasteiger partial charge in [0.2, 0.25) is 0 Å². The maximum Gasteiger partial charge on any atom is 0.0701 e. The molecule has 0 amide bonds. The molecule has 72 valence electrons. The average Bonchev–Trinajstić information content (AvgIpc) is 2.02. The van der Waals surface area contributed by atoms with Crippen molar-refractivity contribution in [3.63, 3.8) is 0 Å². The molecule has 0 aromatic heterocycles. The highest BCUT2D eigenvalue weighted by molar-refractivity contribution is 4.86. The maximum absolute atomic E-state index is 5.26. The molecule has 0 rings (SSSR count). The van der Waals surface area contributed by atoms with Crippen molar-refractivity contribution in [3.05, 3.63) is 12.2 Å². The van der Waals surface area contributed by atoms with E-state index >= 15 is 0 Å². The molecule has 3 heteroatoms.